The number of fused-ring (bicyclic) bond motifs is 2. The van der Waals surface area contributed by atoms with E-state index in [0.29, 0.717) is 17.0 Å². The van der Waals surface area contributed by atoms with Crippen LogP contribution in [0.4, 0.5) is 0 Å². The first-order valence-electron chi connectivity index (χ1n) is 7.13. The molecule has 7 heteroatoms. The zero-order valence-corrected chi connectivity index (χ0v) is 13.5. The van der Waals surface area contributed by atoms with Gasteiger partial charge in [-0.1, -0.05) is 11.6 Å². The van der Waals surface area contributed by atoms with E-state index in [1.54, 1.807) is 0 Å². The molecule has 3 heterocycles. The number of hydrogen-bond donors (Lipinski definition) is 2. The van der Waals surface area contributed by atoms with Crippen LogP contribution in [0, 0.1) is 17.8 Å². The molecule has 2 N–H and O–H groups in total. The lowest BCUT2D eigenvalue weighted by molar-refractivity contribution is -0.124. The summed E-state index contributed by atoms with van der Waals surface area (Å²) in [5.74, 6) is 1.33. The number of aromatic nitrogens is 2. The Morgan fingerprint density at radius 3 is 2.95 bits per heavy atom. The van der Waals surface area contributed by atoms with E-state index >= 15 is 0 Å². The van der Waals surface area contributed by atoms with Crippen LogP contribution >= 0.6 is 22.9 Å². The topological polar surface area (TPSA) is 58.4 Å². The minimum Gasteiger partial charge on any atom is -0.345 e. The zero-order valence-electron chi connectivity index (χ0n) is 11.9. The van der Waals surface area contributed by atoms with Crippen LogP contribution in [0.3, 0.4) is 0 Å². The normalized spacial score (nSPS) is 27.9. The largest absolute Gasteiger partial charge is 0.345 e. The average Bonchev–Trinajstić information content (AvgIpc) is 2.77. The van der Waals surface area contributed by atoms with Crippen molar-refractivity contribution in [3.05, 3.63) is 22.4 Å². The second-order valence-corrected chi connectivity index (χ2v) is 7.66. The van der Waals surface area contributed by atoms with Gasteiger partial charge >= 0.3 is 0 Å². The van der Waals surface area contributed by atoms with Crippen molar-refractivity contribution in [2.24, 2.45) is 17.8 Å². The van der Waals surface area contributed by atoms with Crippen LogP contribution in [-0.2, 0) is 10.3 Å². The molecule has 21 heavy (non-hydrogen) atoms. The van der Waals surface area contributed by atoms with Crippen LogP contribution in [0.1, 0.15) is 19.5 Å². The summed E-state index contributed by atoms with van der Waals surface area (Å²) in [4.78, 5) is 17.7. The molecular weight excluding hydrogens is 308 g/mol. The van der Waals surface area contributed by atoms with E-state index in [2.05, 4.69) is 15.6 Å². The molecule has 1 aliphatic heterocycles. The van der Waals surface area contributed by atoms with Crippen molar-refractivity contribution < 1.29 is 4.79 Å². The van der Waals surface area contributed by atoms with Crippen molar-refractivity contribution in [2.75, 3.05) is 13.1 Å². The number of nitrogens with zero attached hydrogens (tertiary/aromatic N) is 2. The molecule has 2 fully saturated rings. The van der Waals surface area contributed by atoms with Crippen LogP contribution in [-0.4, -0.2) is 28.4 Å². The fourth-order valence-corrected chi connectivity index (χ4v) is 4.75. The third-order valence-electron chi connectivity index (χ3n) is 4.64. The van der Waals surface area contributed by atoms with E-state index in [4.69, 9.17) is 11.6 Å². The Labute approximate surface area is 131 Å². The number of halogens is 1. The number of imidazole rings is 1. The van der Waals surface area contributed by atoms with E-state index < -0.39 is 5.54 Å². The molecule has 5 nitrogen and oxygen atoms in total. The number of piperidine rings is 1. The van der Waals surface area contributed by atoms with Gasteiger partial charge in [-0.25, -0.2) is 4.98 Å². The van der Waals surface area contributed by atoms with Gasteiger partial charge in [0.1, 0.15) is 0 Å². The predicted molar refractivity (Wildman–Crippen MR) is 82.6 cm³/mol. The van der Waals surface area contributed by atoms with Crippen molar-refractivity contribution in [2.45, 2.75) is 19.4 Å². The lowest BCUT2D eigenvalue weighted by Gasteiger charge is -2.26. The van der Waals surface area contributed by atoms with Gasteiger partial charge < -0.3 is 10.6 Å². The SMILES string of the molecule is CC(C)(NC(=O)[C@@H]1C2CNC[C@H]21)c1c(Cl)nc2sccn12. The Kier molecular flexibility index (Phi) is 2.87. The molecule has 1 amide bonds. The number of amides is 1. The maximum atomic E-state index is 12.5. The fourth-order valence-electron chi connectivity index (χ4n) is 3.58. The van der Waals surface area contributed by atoms with Gasteiger partial charge in [0.15, 0.2) is 10.1 Å². The second kappa shape index (κ2) is 4.44. The maximum absolute atomic E-state index is 12.5. The minimum atomic E-state index is -0.543. The van der Waals surface area contributed by atoms with Crippen LogP contribution in [0.5, 0.6) is 0 Å². The highest BCUT2D eigenvalue weighted by atomic mass is 35.5. The number of carbonyl (C=O) groups excluding carboxylic acids is 1. The van der Waals surface area contributed by atoms with Crippen molar-refractivity contribution in [1.82, 2.24) is 20.0 Å². The number of rotatable bonds is 3. The molecule has 0 bridgehead atoms. The Balaban J connectivity index is 1.59. The van der Waals surface area contributed by atoms with E-state index in [1.807, 2.05) is 29.8 Å². The standard InChI is InChI=1S/C14H17ClN4OS/c1-14(2,10-11(15)17-13-19(10)3-4-21-13)18-12(20)9-7-5-16-6-8(7)9/h3-4,7-9,16H,5-6H2,1-2H3,(H,18,20)/t7-,8?,9+/m1/s1. The first-order chi connectivity index (χ1) is 9.99. The quantitative estimate of drug-likeness (QED) is 0.906. The van der Waals surface area contributed by atoms with E-state index in [1.165, 1.54) is 11.3 Å². The van der Waals surface area contributed by atoms with Crippen molar-refractivity contribution >= 4 is 33.8 Å². The number of hydrogen-bond acceptors (Lipinski definition) is 4. The Bertz CT molecular complexity index is 712. The molecule has 1 aliphatic carbocycles. The second-order valence-electron chi connectivity index (χ2n) is 6.43. The molecular formula is C14H17ClN4OS. The summed E-state index contributed by atoms with van der Waals surface area (Å²) >= 11 is 7.82. The highest BCUT2D eigenvalue weighted by Gasteiger charge is 2.57. The van der Waals surface area contributed by atoms with E-state index in [-0.39, 0.29) is 11.8 Å². The zero-order chi connectivity index (χ0) is 14.8. The maximum Gasteiger partial charge on any atom is 0.224 e. The van der Waals surface area contributed by atoms with Crippen molar-refractivity contribution in [3.8, 4) is 0 Å². The Morgan fingerprint density at radius 2 is 2.24 bits per heavy atom. The van der Waals surface area contributed by atoms with Gasteiger partial charge in [-0.05, 0) is 38.8 Å². The van der Waals surface area contributed by atoms with Gasteiger partial charge in [0.05, 0.1) is 11.2 Å². The van der Waals surface area contributed by atoms with Gasteiger partial charge in [0.2, 0.25) is 5.91 Å². The molecule has 2 aromatic heterocycles. The van der Waals surface area contributed by atoms with Gasteiger partial charge in [0.25, 0.3) is 0 Å². The summed E-state index contributed by atoms with van der Waals surface area (Å²) in [6, 6.07) is 0. The molecule has 4 rings (SSSR count). The van der Waals surface area contributed by atoms with Gasteiger partial charge in [-0.3, -0.25) is 9.20 Å². The van der Waals surface area contributed by atoms with Gasteiger partial charge in [-0.15, -0.1) is 11.3 Å². The predicted octanol–water partition coefficient (Wildman–Crippen LogP) is 1.87. The molecule has 112 valence electrons. The molecule has 2 aromatic rings. The first kappa shape index (κ1) is 13.5. The van der Waals surface area contributed by atoms with Crippen LogP contribution in [0.15, 0.2) is 11.6 Å². The molecule has 1 saturated heterocycles. The lowest BCUT2D eigenvalue weighted by Crippen LogP contribution is -2.44. The van der Waals surface area contributed by atoms with Crippen LogP contribution < -0.4 is 10.6 Å². The van der Waals surface area contributed by atoms with E-state index in [9.17, 15) is 4.79 Å². The average molecular weight is 325 g/mol. The highest BCUT2D eigenvalue weighted by molar-refractivity contribution is 7.15. The smallest absolute Gasteiger partial charge is 0.224 e. The van der Waals surface area contributed by atoms with Gasteiger partial charge in [0, 0.05) is 17.5 Å². The molecule has 1 saturated carbocycles. The summed E-state index contributed by atoms with van der Waals surface area (Å²) in [6.07, 6.45) is 1.94. The first-order valence-corrected chi connectivity index (χ1v) is 8.39. The third-order valence-corrected chi connectivity index (χ3v) is 5.66. The van der Waals surface area contributed by atoms with Crippen LogP contribution in [0.2, 0.25) is 5.15 Å². The van der Waals surface area contributed by atoms with E-state index in [0.717, 1.165) is 23.7 Å². The minimum absolute atomic E-state index is 0.137. The van der Waals surface area contributed by atoms with Crippen molar-refractivity contribution in [1.29, 1.82) is 0 Å². The summed E-state index contributed by atoms with van der Waals surface area (Å²) in [6.45, 7) is 5.89. The Morgan fingerprint density at radius 1 is 1.52 bits per heavy atom. The van der Waals surface area contributed by atoms with Crippen molar-refractivity contribution in [3.63, 3.8) is 0 Å². The van der Waals surface area contributed by atoms with Crippen LogP contribution in [0.25, 0.3) is 4.96 Å². The monoisotopic (exact) mass is 324 g/mol. The third kappa shape index (κ3) is 2.00. The number of carbonyl (C=O) groups is 1. The molecule has 3 atom stereocenters. The summed E-state index contributed by atoms with van der Waals surface area (Å²) < 4.78 is 1.96. The summed E-state index contributed by atoms with van der Waals surface area (Å²) in [7, 11) is 0. The molecule has 0 aromatic carbocycles. The summed E-state index contributed by atoms with van der Waals surface area (Å²) in [5, 5.41) is 8.91. The Hall–Kier alpha value is -1.11. The number of nitrogens with one attached hydrogen (secondary N) is 2. The highest BCUT2D eigenvalue weighted by Crippen LogP contribution is 2.49. The summed E-state index contributed by atoms with van der Waals surface area (Å²) in [5.41, 5.74) is 0.302. The molecule has 0 radical (unpaired) electrons. The molecule has 0 spiro atoms. The fraction of sp³-hybridized carbons (Fsp3) is 0.571. The lowest BCUT2D eigenvalue weighted by atomic mass is 10.0. The molecule has 2 aliphatic rings. The van der Waals surface area contributed by atoms with Gasteiger partial charge in [-0.2, -0.15) is 0 Å². The number of thiazole rings is 1. The molecule has 1 unspecified atom stereocenters.